The van der Waals surface area contributed by atoms with Gasteiger partial charge in [-0.2, -0.15) is 0 Å². The lowest BCUT2D eigenvalue weighted by molar-refractivity contribution is 0.00578. The van der Waals surface area contributed by atoms with Gasteiger partial charge in [0, 0.05) is 5.69 Å². The smallest absolute Gasteiger partial charge is 0.491 e. The molecular weight excluding hydrogens is 477 g/mol. The molecule has 1 saturated carbocycles. The topological polar surface area (TPSA) is 48.0 Å². The first-order valence-corrected chi connectivity index (χ1v) is 15.9. The highest BCUT2D eigenvalue weighted by Gasteiger charge is 2.52. The maximum atomic E-state index is 14.0. The van der Waals surface area contributed by atoms with E-state index in [0.29, 0.717) is 24.6 Å². The Bertz CT molecular complexity index is 1180. The Morgan fingerprint density at radius 1 is 1.05 bits per heavy atom. The van der Waals surface area contributed by atoms with E-state index in [1.807, 2.05) is 17.0 Å². The molecule has 197 valence electrons. The monoisotopic (exact) mass is 518 g/mol. The van der Waals surface area contributed by atoms with Crippen molar-refractivity contribution in [3.8, 4) is 5.75 Å². The molecule has 0 unspecified atom stereocenters. The van der Waals surface area contributed by atoms with Gasteiger partial charge in [-0.05, 0) is 92.3 Å². The minimum Gasteiger partial charge on any atom is -0.491 e. The molecule has 0 atom stereocenters. The normalized spacial score (nSPS) is 21.2. The van der Waals surface area contributed by atoms with Gasteiger partial charge in [0.05, 0.1) is 32.1 Å². The fraction of sp³-hybridized carbons (Fsp3) is 0.567. The van der Waals surface area contributed by atoms with Crippen molar-refractivity contribution in [2.24, 2.45) is 0 Å². The van der Waals surface area contributed by atoms with E-state index in [4.69, 9.17) is 14.0 Å². The van der Waals surface area contributed by atoms with Gasteiger partial charge < -0.3 is 18.9 Å². The van der Waals surface area contributed by atoms with E-state index in [1.54, 1.807) is 0 Å². The van der Waals surface area contributed by atoms with Gasteiger partial charge in [-0.25, -0.2) is 0 Å². The van der Waals surface area contributed by atoms with Gasteiger partial charge in [-0.1, -0.05) is 45.5 Å². The van der Waals surface area contributed by atoms with Crippen molar-refractivity contribution >= 4 is 33.0 Å². The number of benzene rings is 2. The molecular formula is C30H41BNO4Si. The lowest BCUT2D eigenvalue weighted by Crippen LogP contribution is -2.41. The van der Waals surface area contributed by atoms with Crippen LogP contribution in [0.3, 0.4) is 0 Å². The second-order valence-electron chi connectivity index (χ2n) is 13.0. The maximum absolute atomic E-state index is 14.0. The molecule has 2 aliphatic heterocycles. The maximum Gasteiger partial charge on any atom is 0.495 e. The summed E-state index contributed by atoms with van der Waals surface area (Å²) < 4.78 is 19.2. The van der Waals surface area contributed by atoms with Crippen LogP contribution in [0, 0.1) is 0 Å². The summed E-state index contributed by atoms with van der Waals surface area (Å²) in [5.74, 6) is 1.34. The second kappa shape index (κ2) is 9.28. The average Bonchev–Trinajstić information content (AvgIpc) is 3.63. The minimum atomic E-state index is -0.800. The molecule has 0 aromatic heterocycles. The Hall–Kier alpha value is -2.09. The lowest BCUT2D eigenvalue weighted by atomic mass is 9.75. The molecule has 2 heterocycles. The molecule has 0 bridgehead atoms. The summed E-state index contributed by atoms with van der Waals surface area (Å²) in [7, 11) is -1.27. The van der Waals surface area contributed by atoms with Gasteiger partial charge in [-0.15, -0.1) is 0 Å². The van der Waals surface area contributed by atoms with Gasteiger partial charge in [0.15, 0.2) is 0 Å². The zero-order valence-electron chi connectivity index (χ0n) is 23.7. The van der Waals surface area contributed by atoms with Crippen molar-refractivity contribution in [1.82, 2.24) is 0 Å². The van der Waals surface area contributed by atoms with Crippen LogP contribution in [0.5, 0.6) is 5.75 Å². The van der Waals surface area contributed by atoms with Gasteiger partial charge in [0.2, 0.25) is 0 Å². The molecule has 5 nitrogen and oxygen atoms in total. The van der Waals surface area contributed by atoms with Crippen molar-refractivity contribution in [1.29, 1.82) is 0 Å². The molecule has 2 aromatic rings. The Morgan fingerprint density at radius 3 is 2.35 bits per heavy atom. The summed E-state index contributed by atoms with van der Waals surface area (Å²) in [6.07, 6.45) is 2.45. The largest absolute Gasteiger partial charge is 0.495 e. The van der Waals surface area contributed by atoms with Crippen LogP contribution in [0.2, 0.25) is 11.6 Å². The number of amides is 1. The molecule has 0 spiro atoms. The summed E-state index contributed by atoms with van der Waals surface area (Å²) in [4.78, 5) is 15.9. The predicted octanol–water partition coefficient (Wildman–Crippen LogP) is 5.91. The Labute approximate surface area is 224 Å². The van der Waals surface area contributed by atoms with Crippen molar-refractivity contribution in [3.05, 3.63) is 53.1 Å². The summed E-state index contributed by atoms with van der Waals surface area (Å²) in [5.41, 5.74) is 4.22. The van der Waals surface area contributed by atoms with Crippen LogP contribution in [0.1, 0.15) is 88.7 Å². The number of nitrogens with zero attached hydrogens (tertiary/aromatic N) is 1. The van der Waals surface area contributed by atoms with Crippen LogP contribution in [0.15, 0.2) is 36.4 Å². The zero-order valence-corrected chi connectivity index (χ0v) is 24.7. The van der Waals surface area contributed by atoms with E-state index in [-0.39, 0.29) is 10.9 Å². The third-order valence-corrected chi connectivity index (χ3v) is 12.3. The molecule has 7 heteroatoms. The molecule has 1 saturated heterocycles. The standard InChI is InChI=1S/C30H41BNO4Si/c1-28(2,3)37(8)19-23-24(31-35-29(4,5)30(6,7)36-31)10-9-11-25(23)32-16-17-34-26-18-21(20-12-13-20)14-15-22(26)27(32)33/h9-11,14-15,18,20H,12-13,16-17,19H2,1-8H3. The summed E-state index contributed by atoms with van der Waals surface area (Å²) >= 11 is 0. The van der Waals surface area contributed by atoms with Crippen LogP contribution in [0.4, 0.5) is 5.69 Å². The molecule has 0 N–H and O–H groups in total. The third-order valence-electron chi connectivity index (χ3n) is 8.81. The number of carbonyl (C=O) groups is 1. The Kier molecular flexibility index (Phi) is 6.65. The van der Waals surface area contributed by atoms with Crippen LogP contribution in [0.25, 0.3) is 0 Å². The molecule has 2 fully saturated rings. The van der Waals surface area contributed by atoms with Crippen LogP contribution in [-0.2, 0) is 15.4 Å². The first-order chi connectivity index (χ1) is 17.3. The second-order valence-corrected chi connectivity index (χ2v) is 16.4. The van der Waals surface area contributed by atoms with E-state index in [1.165, 1.54) is 24.0 Å². The minimum absolute atomic E-state index is 0.00259. The van der Waals surface area contributed by atoms with Gasteiger partial charge in [0.25, 0.3) is 5.91 Å². The third kappa shape index (κ3) is 5.02. The highest BCUT2D eigenvalue weighted by atomic mass is 28.3. The fourth-order valence-corrected chi connectivity index (χ4v) is 6.43. The van der Waals surface area contributed by atoms with Crippen molar-refractivity contribution in [3.63, 3.8) is 0 Å². The highest BCUT2D eigenvalue weighted by Crippen LogP contribution is 2.43. The number of anilines is 1. The van der Waals surface area contributed by atoms with Crippen molar-refractivity contribution in [2.75, 3.05) is 18.1 Å². The molecule has 1 aliphatic carbocycles. The summed E-state index contributed by atoms with van der Waals surface area (Å²) in [6, 6.07) is 13.3. The van der Waals surface area contributed by atoms with Crippen LogP contribution in [-0.4, -0.2) is 46.2 Å². The van der Waals surface area contributed by atoms with E-state index >= 15 is 0 Å². The number of hydrogen-bond acceptors (Lipinski definition) is 4. The zero-order chi connectivity index (χ0) is 26.8. The van der Waals surface area contributed by atoms with E-state index in [2.05, 4.69) is 79.3 Å². The van der Waals surface area contributed by atoms with Gasteiger partial charge in [0.1, 0.15) is 12.4 Å². The van der Waals surface area contributed by atoms with Crippen LogP contribution < -0.4 is 15.1 Å². The Morgan fingerprint density at radius 2 is 1.73 bits per heavy atom. The first kappa shape index (κ1) is 26.5. The molecule has 37 heavy (non-hydrogen) atoms. The number of ether oxygens (including phenoxy) is 1. The SMILES string of the molecule is C[Si](Cc1c(B2OC(C)(C)C(C)(C)O2)cccc1N1CCOc2cc(C3CC3)ccc2C1=O)C(C)(C)C. The first-order valence-electron chi connectivity index (χ1n) is 13.7. The predicted molar refractivity (Wildman–Crippen MR) is 153 cm³/mol. The average molecular weight is 519 g/mol. The highest BCUT2D eigenvalue weighted by molar-refractivity contribution is 6.65. The van der Waals surface area contributed by atoms with Gasteiger partial charge >= 0.3 is 7.12 Å². The number of rotatable bonds is 5. The number of hydrogen-bond donors (Lipinski definition) is 0. The molecule has 3 aliphatic rings. The van der Waals surface area contributed by atoms with Crippen molar-refractivity contribution < 1.29 is 18.8 Å². The Balaban J connectivity index is 1.57. The van der Waals surface area contributed by atoms with Crippen molar-refractivity contribution in [2.45, 2.75) is 96.1 Å². The lowest BCUT2D eigenvalue weighted by Gasteiger charge is -2.32. The fourth-order valence-electron chi connectivity index (χ4n) is 4.99. The summed E-state index contributed by atoms with van der Waals surface area (Å²) in [5, 5.41) is 0.211. The molecule has 5 rings (SSSR count). The number of carbonyl (C=O) groups excluding carboxylic acids is 1. The van der Waals surface area contributed by atoms with Gasteiger partial charge in [-0.3, -0.25) is 4.79 Å². The molecule has 1 radical (unpaired) electrons. The van der Waals surface area contributed by atoms with Crippen LogP contribution >= 0.6 is 0 Å². The van der Waals surface area contributed by atoms with E-state index in [0.717, 1.165) is 22.9 Å². The van der Waals surface area contributed by atoms with E-state index in [9.17, 15) is 4.79 Å². The number of fused-ring (bicyclic) bond motifs is 1. The molecule has 1 amide bonds. The quantitative estimate of drug-likeness (QED) is 0.462. The van der Waals surface area contributed by atoms with E-state index < -0.39 is 27.1 Å². The molecule has 2 aromatic carbocycles. The summed E-state index contributed by atoms with van der Waals surface area (Å²) in [6.45, 7) is 18.7.